The zero-order valence-electron chi connectivity index (χ0n) is 47.8. The zero-order valence-corrected chi connectivity index (χ0v) is 47.8. The average Bonchev–Trinajstić information content (AvgIpc) is 3.44. The number of unbranched alkanes of at least 4 members (excludes halogenated alkanes) is 50. The molecule has 1 rings (SSSR count). The molecule has 1 atom stereocenters. The van der Waals surface area contributed by atoms with Gasteiger partial charge < -0.3 is 19.7 Å². The zero-order chi connectivity index (χ0) is 51.1. The van der Waals surface area contributed by atoms with Crippen molar-refractivity contribution < 1.29 is 29.3 Å². The lowest BCUT2D eigenvalue weighted by Gasteiger charge is -2.27. The molecule has 0 radical (unpaired) electrons. The molecule has 6 heteroatoms. The van der Waals surface area contributed by atoms with Crippen LogP contribution in [0.3, 0.4) is 0 Å². The van der Waals surface area contributed by atoms with Gasteiger partial charge in [-0.3, -0.25) is 9.59 Å². The van der Waals surface area contributed by atoms with Crippen molar-refractivity contribution >= 4 is 11.9 Å². The third kappa shape index (κ3) is 46.8. The maximum Gasteiger partial charge on any atom is 0.309 e. The minimum absolute atomic E-state index is 0.0000664. The number of esters is 2. The third-order valence-corrected chi connectivity index (χ3v) is 16.0. The standard InChI is InChI=1S/C65H124O6/c1-2-3-4-5-6-7-8-9-10-11-12-13-14-15-16-17-18-19-20-21-22-23-24-25-26-27-28-29-30-31-32-33-34-35-36-37-38-39-40-41-42-43-44-45-46-47-48-49-50-51-52-53-54-55-56-62-57-63(68)70-60-65(58-66,59-67)61-71-64(62)69/h45-46,62,66-67H,2-44,47-61H2,1H3/b46-45+. The Kier molecular flexibility index (Phi) is 52.2. The van der Waals surface area contributed by atoms with Crippen molar-refractivity contribution in [3.63, 3.8) is 0 Å². The topological polar surface area (TPSA) is 93.1 Å². The van der Waals surface area contributed by atoms with E-state index >= 15 is 0 Å². The van der Waals surface area contributed by atoms with Crippen molar-refractivity contribution in [3.8, 4) is 0 Å². The molecule has 0 saturated carbocycles. The second-order valence-corrected chi connectivity index (χ2v) is 23.1. The van der Waals surface area contributed by atoms with Crippen molar-refractivity contribution in [2.75, 3.05) is 26.4 Å². The molecule has 1 heterocycles. The van der Waals surface area contributed by atoms with Crippen LogP contribution in [0.2, 0.25) is 0 Å². The van der Waals surface area contributed by atoms with Crippen molar-refractivity contribution in [2.45, 2.75) is 354 Å². The minimum Gasteiger partial charge on any atom is -0.465 e. The van der Waals surface area contributed by atoms with Gasteiger partial charge in [-0.05, 0) is 32.1 Å². The molecule has 420 valence electrons. The summed E-state index contributed by atoms with van der Waals surface area (Å²) in [5, 5.41) is 19.2. The first-order valence-corrected chi connectivity index (χ1v) is 32.3. The number of hydrogen-bond donors (Lipinski definition) is 2. The summed E-state index contributed by atoms with van der Waals surface area (Å²) in [7, 11) is 0. The van der Waals surface area contributed by atoms with Crippen LogP contribution in [0.1, 0.15) is 354 Å². The molecule has 1 unspecified atom stereocenters. The van der Waals surface area contributed by atoms with Gasteiger partial charge in [-0.25, -0.2) is 0 Å². The first kappa shape index (κ1) is 67.6. The minimum atomic E-state index is -1.13. The van der Waals surface area contributed by atoms with Crippen LogP contribution in [0.5, 0.6) is 0 Å². The SMILES string of the molecule is CCCCCCCCCCCCCCCCCCCCCCCCCCCCCCCCCCCCCCCCCCCC/C=C/CCCCCCCCCCC1CC(=O)OCC(CO)(CO)COC1=O. The molecular formula is C65H124O6. The highest BCUT2D eigenvalue weighted by Gasteiger charge is 2.36. The van der Waals surface area contributed by atoms with E-state index in [9.17, 15) is 19.8 Å². The second-order valence-electron chi connectivity index (χ2n) is 23.1. The summed E-state index contributed by atoms with van der Waals surface area (Å²) in [6, 6.07) is 0. The number of cyclic esters (lactones) is 2. The first-order valence-electron chi connectivity index (χ1n) is 32.3. The molecule has 0 aromatic carbocycles. The highest BCUT2D eigenvalue weighted by Crippen LogP contribution is 2.25. The van der Waals surface area contributed by atoms with Crippen molar-refractivity contribution in [1.29, 1.82) is 0 Å². The van der Waals surface area contributed by atoms with Crippen LogP contribution in [0.15, 0.2) is 12.2 Å². The molecule has 1 fully saturated rings. The van der Waals surface area contributed by atoms with Crippen molar-refractivity contribution in [3.05, 3.63) is 12.2 Å². The molecule has 71 heavy (non-hydrogen) atoms. The Morgan fingerprint density at radius 2 is 0.606 bits per heavy atom. The molecule has 0 spiro atoms. The van der Waals surface area contributed by atoms with E-state index in [1.165, 1.54) is 315 Å². The van der Waals surface area contributed by atoms with E-state index in [0.717, 1.165) is 19.3 Å². The smallest absolute Gasteiger partial charge is 0.309 e. The Morgan fingerprint density at radius 3 is 0.873 bits per heavy atom. The first-order chi connectivity index (χ1) is 35.1. The van der Waals surface area contributed by atoms with Crippen LogP contribution in [0.25, 0.3) is 0 Å². The highest BCUT2D eigenvalue weighted by molar-refractivity contribution is 5.80. The number of aliphatic hydroxyl groups excluding tert-OH is 2. The van der Waals surface area contributed by atoms with Gasteiger partial charge in [0, 0.05) is 0 Å². The summed E-state index contributed by atoms with van der Waals surface area (Å²) in [6.45, 7) is 1.20. The van der Waals surface area contributed by atoms with Crippen molar-refractivity contribution in [1.82, 2.24) is 0 Å². The number of aliphatic hydroxyl groups is 2. The van der Waals surface area contributed by atoms with Crippen LogP contribution >= 0.6 is 0 Å². The Labute approximate surface area is 443 Å². The maximum absolute atomic E-state index is 12.5. The Hall–Kier alpha value is -1.40. The number of rotatable bonds is 56. The molecule has 6 nitrogen and oxygen atoms in total. The molecule has 1 saturated heterocycles. The van der Waals surface area contributed by atoms with Crippen LogP contribution in [0, 0.1) is 11.3 Å². The molecule has 0 aromatic rings. The van der Waals surface area contributed by atoms with Crippen LogP contribution in [-0.2, 0) is 19.1 Å². The summed E-state index contributed by atoms with van der Waals surface area (Å²) in [5.41, 5.74) is -1.13. The summed E-state index contributed by atoms with van der Waals surface area (Å²) in [4.78, 5) is 24.7. The van der Waals surface area contributed by atoms with Gasteiger partial charge in [0.25, 0.3) is 0 Å². The third-order valence-electron chi connectivity index (χ3n) is 16.0. The van der Waals surface area contributed by atoms with Gasteiger partial charge in [-0.2, -0.15) is 0 Å². The summed E-state index contributed by atoms with van der Waals surface area (Å²) in [5.74, 6) is -1.41. The predicted octanol–water partition coefficient (Wildman–Crippen LogP) is 20.3. The Balaban J connectivity index is 1.68. The van der Waals surface area contributed by atoms with Gasteiger partial charge in [0.2, 0.25) is 0 Å². The van der Waals surface area contributed by atoms with Gasteiger partial charge in [0.1, 0.15) is 13.2 Å². The van der Waals surface area contributed by atoms with E-state index in [-0.39, 0.29) is 19.6 Å². The van der Waals surface area contributed by atoms with Crippen LogP contribution in [0.4, 0.5) is 0 Å². The predicted molar refractivity (Wildman–Crippen MR) is 306 cm³/mol. The van der Waals surface area contributed by atoms with Crippen molar-refractivity contribution in [2.24, 2.45) is 11.3 Å². The van der Waals surface area contributed by atoms with E-state index in [2.05, 4.69) is 19.1 Å². The highest BCUT2D eigenvalue weighted by atomic mass is 16.6. The lowest BCUT2D eigenvalue weighted by atomic mass is 9.92. The summed E-state index contributed by atoms with van der Waals surface area (Å²) in [6.07, 6.45) is 78.7. The number of carbonyl (C=O) groups excluding carboxylic acids is 2. The molecule has 1 aliphatic rings. The molecule has 0 aromatic heterocycles. The van der Waals surface area contributed by atoms with E-state index < -0.39 is 36.5 Å². The van der Waals surface area contributed by atoms with E-state index in [4.69, 9.17) is 9.47 Å². The van der Waals surface area contributed by atoms with E-state index in [1.807, 2.05) is 0 Å². The van der Waals surface area contributed by atoms with Crippen LogP contribution in [-0.4, -0.2) is 48.6 Å². The van der Waals surface area contributed by atoms with E-state index in [0.29, 0.717) is 6.42 Å². The lowest BCUT2D eigenvalue weighted by molar-refractivity contribution is -0.155. The largest absolute Gasteiger partial charge is 0.465 e. The lowest BCUT2D eigenvalue weighted by Crippen LogP contribution is -2.40. The van der Waals surface area contributed by atoms with Gasteiger partial charge in [0.05, 0.1) is 31.0 Å². The fourth-order valence-electron chi connectivity index (χ4n) is 10.8. The van der Waals surface area contributed by atoms with Gasteiger partial charge in [0.15, 0.2) is 0 Å². The van der Waals surface area contributed by atoms with Gasteiger partial charge in [-0.15, -0.1) is 0 Å². The average molecular weight is 1000 g/mol. The molecule has 0 amide bonds. The quantitative estimate of drug-likeness (QED) is 0.0358. The second kappa shape index (κ2) is 54.8. The number of hydrogen-bond acceptors (Lipinski definition) is 6. The maximum atomic E-state index is 12.5. The van der Waals surface area contributed by atoms with Gasteiger partial charge in [-0.1, -0.05) is 327 Å². The number of allylic oxidation sites excluding steroid dienone is 2. The number of ether oxygens (including phenoxy) is 2. The van der Waals surface area contributed by atoms with Gasteiger partial charge >= 0.3 is 11.9 Å². The fourth-order valence-corrected chi connectivity index (χ4v) is 10.8. The van der Waals surface area contributed by atoms with Crippen LogP contribution < -0.4 is 0 Å². The molecule has 0 bridgehead atoms. The number of carbonyl (C=O) groups is 2. The van der Waals surface area contributed by atoms with E-state index in [1.54, 1.807) is 0 Å². The monoisotopic (exact) mass is 1000 g/mol. The Bertz CT molecular complexity index is 1120. The summed E-state index contributed by atoms with van der Waals surface area (Å²) >= 11 is 0. The fraction of sp³-hybridized carbons (Fsp3) is 0.938. The molecule has 0 aliphatic carbocycles. The molecular weight excluding hydrogens is 877 g/mol. The summed E-state index contributed by atoms with van der Waals surface area (Å²) < 4.78 is 10.6. The Morgan fingerprint density at radius 1 is 0.366 bits per heavy atom. The normalized spacial score (nSPS) is 15.3. The molecule has 1 aliphatic heterocycles. The molecule has 2 N–H and O–H groups in total.